The van der Waals surface area contributed by atoms with Crippen molar-refractivity contribution in [1.29, 1.82) is 0 Å². The van der Waals surface area contributed by atoms with Gasteiger partial charge in [0.05, 0.1) is 0 Å². The maximum Gasteiger partial charge on any atom is 0.0299 e. The zero-order valence-electron chi connectivity index (χ0n) is 8.52. The zero-order chi connectivity index (χ0) is 9.76. The van der Waals surface area contributed by atoms with Crippen LogP contribution in [0.5, 0.6) is 0 Å². The molecule has 0 aliphatic heterocycles. The van der Waals surface area contributed by atoms with E-state index in [0.29, 0.717) is 5.41 Å². The molecule has 14 heavy (non-hydrogen) atoms. The third-order valence-electron chi connectivity index (χ3n) is 4.89. The molecular weight excluding hydrogens is 304 g/mol. The first-order valence-electron chi connectivity index (χ1n) is 5.92. The van der Waals surface area contributed by atoms with E-state index in [1.807, 2.05) is 0 Å². The van der Waals surface area contributed by atoms with Crippen LogP contribution in [0.2, 0.25) is 0 Å². The van der Waals surface area contributed by atoms with Crippen LogP contribution in [-0.4, -0.2) is 10.2 Å². The second-order valence-corrected chi connectivity index (χ2v) is 7.65. The maximum atomic E-state index is 3.92. The molecular formula is C12H18Br2. The van der Waals surface area contributed by atoms with Gasteiger partial charge in [-0.1, -0.05) is 31.9 Å². The fourth-order valence-corrected chi connectivity index (χ4v) is 5.97. The molecule has 0 radical (unpaired) electrons. The lowest BCUT2D eigenvalue weighted by molar-refractivity contribution is -0.0492. The molecule has 0 nitrogen and oxygen atoms in total. The summed E-state index contributed by atoms with van der Waals surface area (Å²) in [6.45, 7) is 0. The topological polar surface area (TPSA) is 0 Å². The fourth-order valence-electron chi connectivity index (χ4n) is 4.72. The molecule has 2 heteroatoms. The van der Waals surface area contributed by atoms with Gasteiger partial charge in [-0.3, -0.25) is 0 Å². The van der Waals surface area contributed by atoms with Crippen LogP contribution >= 0.6 is 31.9 Å². The molecule has 0 N–H and O–H groups in total. The third-order valence-corrected chi connectivity index (χ3v) is 7.70. The fraction of sp³-hybridized carbons (Fsp3) is 1.00. The van der Waals surface area contributed by atoms with Crippen LogP contribution in [0.15, 0.2) is 0 Å². The molecule has 4 bridgehead atoms. The predicted molar refractivity (Wildman–Crippen MR) is 67.1 cm³/mol. The second kappa shape index (κ2) is 3.48. The van der Waals surface area contributed by atoms with Crippen LogP contribution in [0.25, 0.3) is 0 Å². The summed E-state index contributed by atoms with van der Waals surface area (Å²) in [5.41, 5.74) is 0.679. The molecule has 4 fully saturated rings. The summed E-state index contributed by atoms with van der Waals surface area (Å²) >= 11 is 7.58. The van der Waals surface area contributed by atoms with Crippen molar-refractivity contribution in [3.63, 3.8) is 0 Å². The monoisotopic (exact) mass is 320 g/mol. The molecule has 0 spiro atoms. The molecule has 4 aliphatic carbocycles. The van der Waals surface area contributed by atoms with E-state index in [0.717, 1.165) is 27.9 Å². The van der Waals surface area contributed by atoms with Crippen LogP contribution in [0.3, 0.4) is 0 Å². The predicted octanol–water partition coefficient (Wildman–Crippen LogP) is 4.36. The van der Waals surface area contributed by atoms with Crippen molar-refractivity contribution in [2.24, 2.45) is 23.2 Å². The molecule has 4 saturated carbocycles. The average molecular weight is 322 g/mol. The highest BCUT2D eigenvalue weighted by molar-refractivity contribution is 9.12. The van der Waals surface area contributed by atoms with Gasteiger partial charge in [0.1, 0.15) is 0 Å². The average Bonchev–Trinajstić information content (AvgIpc) is 2.14. The quantitative estimate of drug-likeness (QED) is 0.663. The summed E-state index contributed by atoms with van der Waals surface area (Å²) in [4.78, 5) is 0.725. The molecule has 0 aromatic heterocycles. The SMILES string of the molecule is BrCC(Br)C12CC3CC(CC(C3)C1)C2. The second-order valence-electron chi connectivity index (χ2n) is 5.90. The molecule has 1 atom stereocenters. The molecule has 4 rings (SSSR count). The van der Waals surface area contributed by atoms with E-state index in [2.05, 4.69) is 31.9 Å². The van der Waals surface area contributed by atoms with Gasteiger partial charge in [0, 0.05) is 10.2 Å². The Morgan fingerprint density at radius 3 is 1.79 bits per heavy atom. The Kier molecular flexibility index (Phi) is 2.52. The largest absolute Gasteiger partial charge is 0.0916 e. The summed E-state index contributed by atoms with van der Waals surface area (Å²) in [5, 5.41) is 1.14. The number of halogens is 2. The minimum absolute atomic E-state index is 0.679. The minimum Gasteiger partial charge on any atom is -0.0916 e. The lowest BCUT2D eigenvalue weighted by Crippen LogP contribution is -2.50. The number of rotatable bonds is 2. The smallest absolute Gasteiger partial charge is 0.0299 e. The molecule has 0 aromatic rings. The lowest BCUT2D eigenvalue weighted by Gasteiger charge is -2.58. The molecule has 0 saturated heterocycles. The highest BCUT2D eigenvalue weighted by Crippen LogP contribution is 2.62. The van der Waals surface area contributed by atoms with Gasteiger partial charge in [0.2, 0.25) is 0 Å². The normalized spacial score (nSPS) is 52.3. The van der Waals surface area contributed by atoms with E-state index < -0.39 is 0 Å². The van der Waals surface area contributed by atoms with Gasteiger partial charge in [-0.15, -0.1) is 0 Å². The Bertz CT molecular complexity index is 201. The maximum absolute atomic E-state index is 3.92. The van der Waals surface area contributed by atoms with Crippen molar-refractivity contribution in [2.45, 2.75) is 43.4 Å². The Balaban J connectivity index is 1.87. The van der Waals surface area contributed by atoms with Gasteiger partial charge in [-0.25, -0.2) is 0 Å². The van der Waals surface area contributed by atoms with Crippen LogP contribution in [0, 0.1) is 23.2 Å². The van der Waals surface area contributed by atoms with Crippen molar-refractivity contribution in [1.82, 2.24) is 0 Å². The van der Waals surface area contributed by atoms with Gasteiger partial charge < -0.3 is 0 Å². The highest BCUT2D eigenvalue weighted by atomic mass is 79.9. The molecule has 80 valence electrons. The Hall–Kier alpha value is 0.960. The van der Waals surface area contributed by atoms with Crippen LogP contribution in [-0.2, 0) is 0 Å². The van der Waals surface area contributed by atoms with E-state index >= 15 is 0 Å². The van der Waals surface area contributed by atoms with Gasteiger partial charge in [0.15, 0.2) is 0 Å². The van der Waals surface area contributed by atoms with Gasteiger partial charge >= 0.3 is 0 Å². The van der Waals surface area contributed by atoms with Crippen LogP contribution in [0.1, 0.15) is 38.5 Å². The Morgan fingerprint density at radius 2 is 1.43 bits per heavy atom. The Labute approximate surface area is 103 Å². The van der Waals surface area contributed by atoms with Crippen LogP contribution in [0.4, 0.5) is 0 Å². The molecule has 1 unspecified atom stereocenters. The van der Waals surface area contributed by atoms with Gasteiger partial charge in [-0.05, 0) is 61.7 Å². The van der Waals surface area contributed by atoms with E-state index in [-0.39, 0.29) is 0 Å². The van der Waals surface area contributed by atoms with E-state index in [1.165, 1.54) is 19.3 Å². The zero-order valence-corrected chi connectivity index (χ0v) is 11.7. The van der Waals surface area contributed by atoms with E-state index in [9.17, 15) is 0 Å². The first-order chi connectivity index (χ1) is 6.72. The summed E-state index contributed by atoms with van der Waals surface area (Å²) in [5.74, 6) is 3.25. The van der Waals surface area contributed by atoms with Crippen molar-refractivity contribution in [3.8, 4) is 0 Å². The molecule has 0 amide bonds. The first-order valence-corrected chi connectivity index (χ1v) is 7.95. The van der Waals surface area contributed by atoms with Crippen molar-refractivity contribution < 1.29 is 0 Å². The summed E-state index contributed by atoms with van der Waals surface area (Å²) in [6.07, 6.45) is 9.21. The first kappa shape index (κ1) is 10.1. The lowest BCUT2D eigenvalue weighted by atomic mass is 9.49. The van der Waals surface area contributed by atoms with Crippen LogP contribution < -0.4 is 0 Å². The summed E-state index contributed by atoms with van der Waals surface area (Å²) < 4.78 is 0. The van der Waals surface area contributed by atoms with Crippen molar-refractivity contribution in [2.75, 3.05) is 5.33 Å². The standard InChI is InChI=1S/C12H18Br2/c13-7-11(14)12-4-8-1-9(5-12)3-10(2-8)6-12/h8-11H,1-7H2. The number of hydrogen-bond acceptors (Lipinski definition) is 0. The number of alkyl halides is 2. The van der Waals surface area contributed by atoms with Gasteiger partial charge in [0.25, 0.3) is 0 Å². The molecule has 0 aromatic carbocycles. The van der Waals surface area contributed by atoms with Crippen molar-refractivity contribution >= 4 is 31.9 Å². The molecule has 0 heterocycles. The minimum atomic E-state index is 0.679. The summed E-state index contributed by atoms with van der Waals surface area (Å²) in [7, 11) is 0. The molecule has 4 aliphatic rings. The van der Waals surface area contributed by atoms with E-state index in [4.69, 9.17) is 0 Å². The highest BCUT2D eigenvalue weighted by Gasteiger charge is 2.53. The number of hydrogen-bond donors (Lipinski definition) is 0. The third kappa shape index (κ3) is 1.43. The summed E-state index contributed by atoms with van der Waals surface area (Å²) in [6, 6.07) is 0. The van der Waals surface area contributed by atoms with Gasteiger partial charge in [-0.2, -0.15) is 0 Å². The van der Waals surface area contributed by atoms with Crippen molar-refractivity contribution in [3.05, 3.63) is 0 Å². The Morgan fingerprint density at radius 1 is 1.00 bits per heavy atom. The van der Waals surface area contributed by atoms with E-state index in [1.54, 1.807) is 19.3 Å².